The lowest BCUT2D eigenvalue weighted by Gasteiger charge is -2.21. The van der Waals surface area contributed by atoms with Crippen LogP contribution in [0.2, 0.25) is 0 Å². The average Bonchev–Trinajstić information content (AvgIpc) is 3.01. The van der Waals surface area contributed by atoms with Crippen LogP contribution < -0.4 is 21.8 Å². The Balaban J connectivity index is 1.66. The zero-order valence-corrected chi connectivity index (χ0v) is 19.7. The summed E-state index contributed by atoms with van der Waals surface area (Å²) in [7, 11) is -4.96. The number of nitrogen functional groups attached to an aromatic ring is 1. The van der Waals surface area contributed by atoms with Gasteiger partial charge in [0.1, 0.15) is 18.0 Å². The van der Waals surface area contributed by atoms with E-state index in [0.29, 0.717) is 10.1 Å². The number of anilines is 1. The van der Waals surface area contributed by atoms with Crippen molar-refractivity contribution in [3.63, 3.8) is 0 Å². The summed E-state index contributed by atoms with van der Waals surface area (Å²) in [4.78, 5) is 49.4. The van der Waals surface area contributed by atoms with Crippen molar-refractivity contribution >= 4 is 25.4 Å². The van der Waals surface area contributed by atoms with E-state index in [1.165, 1.54) is 0 Å². The highest BCUT2D eigenvalue weighted by atomic mass is 31.2. The van der Waals surface area contributed by atoms with Crippen LogP contribution >= 0.6 is 7.75 Å². The molecule has 196 valence electrons. The highest BCUT2D eigenvalue weighted by Crippen LogP contribution is 2.44. The predicted molar refractivity (Wildman–Crippen MR) is 119 cm³/mol. The maximum Gasteiger partial charge on any atom is 0.432 e. The van der Waals surface area contributed by atoms with E-state index in [1.807, 2.05) is 0 Å². The van der Waals surface area contributed by atoms with Crippen molar-refractivity contribution in [2.45, 2.75) is 43.7 Å². The van der Waals surface area contributed by atoms with Crippen LogP contribution in [0, 0.1) is 0 Å². The molecule has 6 N–H and O–H groups in total. The van der Waals surface area contributed by atoms with Crippen LogP contribution in [-0.2, 0) is 29.8 Å². The van der Waals surface area contributed by atoms with Crippen molar-refractivity contribution in [1.82, 2.24) is 20.0 Å². The van der Waals surface area contributed by atoms with Crippen molar-refractivity contribution in [3.05, 3.63) is 58.6 Å². The van der Waals surface area contributed by atoms with E-state index in [1.54, 1.807) is 35.4 Å². The minimum Gasteiger partial charge on any atom is -0.384 e. The first-order valence-corrected chi connectivity index (χ1v) is 12.0. The molecule has 1 fully saturated rings. The molecule has 36 heavy (non-hydrogen) atoms. The van der Waals surface area contributed by atoms with E-state index in [4.69, 9.17) is 15.0 Å². The summed E-state index contributed by atoms with van der Waals surface area (Å²) >= 11 is 0. The number of aliphatic hydroxyl groups excluding tert-OH is 1. The SMILES string of the molecule is CC(=O)NC(Cc1ccccc1)C(=O)NP(=O)(O)OC[C@H]1O[C@@H](n2ccc(N)nc2=O)C(F)(F)[C@@H]1O. The fourth-order valence-corrected chi connectivity index (χ4v) is 4.29. The molecular formula is C20H24F2N5O8P. The van der Waals surface area contributed by atoms with E-state index < -0.39 is 62.3 Å². The van der Waals surface area contributed by atoms with Gasteiger partial charge < -0.3 is 25.8 Å². The first kappa shape index (κ1) is 27.4. The molecule has 13 nitrogen and oxygen atoms in total. The van der Waals surface area contributed by atoms with Gasteiger partial charge in [0.15, 0.2) is 6.10 Å². The number of aromatic nitrogens is 2. The Morgan fingerprint density at radius 1 is 1.33 bits per heavy atom. The van der Waals surface area contributed by atoms with Crippen LogP contribution in [-0.4, -0.2) is 62.1 Å². The molecule has 1 aromatic carbocycles. The van der Waals surface area contributed by atoms with Gasteiger partial charge in [-0.05, 0) is 11.6 Å². The fourth-order valence-electron chi connectivity index (χ4n) is 3.44. The van der Waals surface area contributed by atoms with Gasteiger partial charge in [-0.1, -0.05) is 30.3 Å². The maximum atomic E-state index is 14.6. The largest absolute Gasteiger partial charge is 0.432 e. The Morgan fingerprint density at radius 2 is 2.00 bits per heavy atom. The van der Waals surface area contributed by atoms with Crippen molar-refractivity contribution < 1.29 is 42.2 Å². The zero-order chi connectivity index (χ0) is 26.7. The van der Waals surface area contributed by atoms with Crippen LogP contribution in [0.25, 0.3) is 0 Å². The van der Waals surface area contributed by atoms with E-state index in [9.17, 15) is 37.7 Å². The van der Waals surface area contributed by atoms with Crippen molar-refractivity contribution in [2.75, 3.05) is 12.3 Å². The number of nitrogens with two attached hydrogens (primary N) is 1. The number of aliphatic hydroxyl groups is 1. The molecule has 5 atom stereocenters. The van der Waals surface area contributed by atoms with Gasteiger partial charge in [0.05, 0.1) is 6.61 Å². The molecule has 0 saturated carbocycles. The molecule has 2 heterocycles. The highest BCUT2D eigenvalue weighted by Gasteiger charge is 2.60. The smallest absolute Gasteiger partial charge is 0.384 e. The van der Waals surface area contributed by atoms with Crippen LogP contribution in [0.15, 0.2) is 47.4 Å². The third-order valence-electron chi connectivity index (χ3n) is 5.13. The summed E-state index contributed by atoms with van der Waals surface area (Å²) in [5.74, 6) is -5.89. The monoisotopic (exact) mass is 531 g/mol. The molecule has 0 spiro atoms. The van der Waals surface area contributed by atoms with Gasteiger partial charge in [-0.15, -0.1) is 0 Å². The van der Waals surface area contributed by atoms with Gasteiger partial charge >= 0.3 is 19.4 Å². The first-order valence-electron chi connectivity index (χ1n) is 10.5. The van der Waals surface area contributed by atoms with Crippen LogP contribution in [0.4, 0.5) is 14.6 Å². The number of amides is 2. The quantitative estimate of drug-likeness (QED) is 0.268. The topological polar surface area (TPSA) is 195 Å². The van der Waals surface area contributed by atoms with Gasteiger partial charge in [-0.25, -0.2) is 9.36 Å². The number of rotatable bonds is 9. The number of hydrogen-bond donors (Lipinski definition) is 5. The predicted octanol–water partition coefficient (Wildman–Crippen LogP) is -0.300. The Morgan fingerprint density at radius 3 is 2.61 bits per heavy atom. The molecule has 2 amide bonds. The Kier molecular flexibility index (Phi) is 8.21. The fraction of sp³-hybridized carbons (Fsp3) is 0.400. The van der Waals surface area contributed by atoms with Crippen LogP contribution in [0.5, 0.6) is 0 Å². The Hall–Kier alpha value is -3.23. The second kappa shape index (κ2) is 10.8. The first-order chi connectivity index (χ1) is 16.8. The van der Waals surface area contributed by atoms with E-state index in [-0.39, 0.29) is 12.2 Å². The number of hydrogen-bond acceptors (Lipinski definition) is 9. The molecule has 2 unspecified atom stereocenters. The summed E-state index contributed by atoms with van der Waals surface area (Å²) < 4.78 is 51.8. The van der Waals surface area contributed by atoms with E-state index >= 15 is 0 Å². The second-order valence-electron chi connectivity index (χ2n) is 7.92. The van der Waals surface area contributed by atoms with Gasteiger partial charge in [0.2, 0.25) is 12.1 Å². The summed E-state index contributed by atoms with van der Waals surface area (Å²) in [6.45, 7) is 0.0968. The van der Waals surface area contributed by atoms with Gasteiger partial charge in [-0.2, -0.15) is 13.8 Å². The molecule has 2 aromatic rings. The van der Waals surface area contributed by atoms with Gasteiger partial charge in [-0.3, -0.25) is 23.8 Å². The summed E-state index contributed by atoms with van der Waals surface area (Å²) in [5, 5.41) is 14.1. The minimum absolute atomic E-state index is 0.0189. The minimum atomic E-state index is -4.96. The number of ether oxygens (including phenoxy) is 1. The van der Waals surface area contributed by atoms with Crippen molar-refractivity contribution in [1.29, 1.82) is 0 Å². The average molecular weight is 531 g/mol. The lowest BCUT2D eigenvalue weighted by atomic mass is 10.1. The van der Waals surface area contributed by atoms with Crippen LogP contribution in [0.1, 0.15) is 18.7 Å². The normalized spacial score (nSPS) is 23.4. The third-order valence-corrected chi connectivity index (χ3v) is 6.13. The van der Waals surface area contributed by atoms with Crippen molar-refractivity contribution in [2.24, 2.45) is 0 Å². The molecule has 1 saturated heterocycles. The molecule has 1 aromatic heterocycles. The highest BCUT2D eigenvalue weighted by molar-refractivity contribution is 7.51. The number of halogens is 2. The van der Waals surface area contributed by atoms with Gasteiger partial charge in [0, 0.05) is 19.5 Å². The molecule has 3 rings (SSSR count). The Bertz CT molecular complexity index is 1210. The summed E-state index contributed by atoms with van der Waals surface area (Å²) in [6, 6.07) is 8.30. The lowest BCUT2D eigenvalue weighted by molar-refractivity contribution is -0.140. The van der Waals surface area contributed by atoms with Gasteiger partial charge in [0.25, 0.3) is 5.91 Å². The molecule has 1 aliphatic rings. The number of benzene rings is 1. The summed E-state index contributed by atoms with van der Waals surface area (Å²) in [6.07, 6.45) is -5.82. The zero-order valence-electron chi connectivity index (χ0n) is 18.8. The van der Waals surface area contributed by atoms with E-state index in [0.717, 1.165) is 19.2 Å². The number of carbonyl (C=O) groups is 2. The Labute approximate surface area is 202 Å². The number of alkyl halides is 2. The molecule has 0 bridgehead atoms. The molecule has 0 aliphatic carbocycles. The molecule has 1 aliphatic heterocycles. The number of nitrogens with one attached hydrogen (secondary N) is 2. The number of nitrogens with zero attached hydrogens (tertiary/aromatic N) is 2. The number of carbonyl (C=O) groups excluding carboxylic acids is 2. The second-order valence-corrected chi connectivity index (χ2v) is 9.45. The molecule has 0 radical (unpaired) electrons. The third kappa shape index (κ3) is 6.50. The maximum absolute atomic E-state index is 14.6. The van der Waals surface area contributed by atoms with Crippen LogP contribution in [0.3, 0.4) is 0 Å². The van der Waals surface area contributed by atoms with Crippen molar-refractivity contribution in [3.8, 4) is 0 Å². The molecule has 16 heteroatoms. The summed E-state index contributed by atoms with van der Waals surface area (Å²) in [5.41, 5.74) is 4.81. The molecular weight excluding hydrogens is 507 g/mol. The standard InChI is InChI=1S/C20H24F2N5O8P/c1-11(28)24-13(9-12-5-3-2-4-6-12)17(30)26-36(32,33)34-10-14-16(29)20(21,22)18(35-14)27-8-7-15(23)25-19(27)31/h2-8,13-14,16,18,29H,9-10H2,1H3,(H,24,28)(H2,23,25,31)(H2,26,30,32,33)/t13?,14-,16-,18-/m1/s1. The van der Waals surface area contributed by atoms with E-state index in [2.05, 4.69) is 10.3 Å². The lowest BCUT2D eigenvalue weighted by Crippen LogP contribution is -2.46.